The van der Waals surface area contributed by atoms with Gasteiger partial charge in [0.1, 0.15) is 23.9 Å². The standard InChI is InChI=1S/C22H22FNO3/c1-2-24(15-14-17-6-4-3-5-7-17)22(25)21-13-12-20(27-21)16-26-19-10-8-18(23)9-11-19/h3-13H,2,14-16H2,1H3. The van der Waals surface area contributed by atoms with E-state index in [0.717, 1.165) is 6.42 Å². The van der Waals surface area contributed by atoms with Crippen LogP contribution in [0.1, 0.15) is 28.8 Å². The van der Waals surface area contributed by atoms with E-state index >= 15 is 0 Å². The lowest BCUT2D eigenvalue weighted by molar-refractivity contribution is 0.0730. The Bertz CT molecular complexity index is 859. The number of ether oxygens (including phenoxy) is 1. The average Bonchev–Trinajstić information content (AvgIpc) is 3.18. The molecule has 140 valence electrons. The summed E-state index contributed by atoms with van der Waals surface area (Å²) in [5, 5.41) is 0. The summed E-state index contributed by atoms with van der Waals surface area (Å²) in [4.78, 5) is 14.4. The zero-order valence-electron chi connectivity index (χ0n) is 15.2. The maximum absolute atomic E-state index is 12.9. The molecule has 3 aromatic rings. The van der Waals surface area contributed by atoms with Crippen LogP contribution in [0.2, 0.25) is 0 Å². The number of rotatable bonds is 8. The van der Waals surface area contributed by atoms with Gasteiger partial charge in [0, 0.05) is 13.1 Å². The van der Waals surface area contributed by atoms with Gasteiger partial charge in [0.15, 0.2) is 5.76 Å². The highest BCUT2D eigenvalue weighted by atomic mass is 19.1. The van der Waals surface area contributed by atoms with Gasteiger partial charge in [-0.2, -0.15) is 0 Å². The number of amides is 1. The molecule has 4 nitrogen and oxygen atoms in total. The summed E-state index contributed by atoms with van der Waals surface area (Å²) in [7, 11) is 0. The van der Waals surface area contributed by atoms with Gasteiger partial charge in [-0.1, -0.05) is 30.3 Å². The molecule has 0 saturated carbocycles. The van der Waals surface area contributed by atoms with E-state index < -0.39 is 0 Å². The number of benzene rings is 2. The molecule has 1 heterocycles. The van der Waals surface area contributed by atoms with E-state index in [2.05, 4.69) is 12.1 Å². The molecule has 1 aromatic heterocycles. The number of hydrogen-bond acceptors (Lipinski definition) is 3. The SMILES string of the molecule is CCN(CCc1ccccc1)C(=O)c1ccc(COc2ccc(F)cc2)o1. The van der Waals surface area contributed by atoms with E-state index in [1.54, 1.807) is 29.2 Å². The summed E-state index contributed by atoms with van der Waals surface area (Å²) < 4.78 is 24.1. The van der Waals surface area contributed by atoms with Crippen molar-refractivity contribution in [3.8, 4) is 5.75 Å². The molecule has 5 heteroatoms. The highest BCUT2D eigenvalue weighted by molar-refractivity contribution is 5.91. The van der Waals surface area contributed by atoms with Crippen LogP contribution >= 0.6 is 0 Å². The Kier molecular flexibility index (Phi) is 6.26. The van der Waals surface area contributed by atoms with Crippen LogP contribution in [0.3, 0.4) is 0 Å². The van der Waals surface area contributed by atoms with Crippen LogP contribution in [0.15, 0.2) is 71.1 Å². The van der Waals surface area contributed by atoms with Gasteiger partial charge in [-0.25, -0.2) is 4.39 Å². The van der Waals surface area contributed by atoms with Gasteiger partial charge >= 0.3 is 0 Å². The monoisotopic (exact) mass is 367 g/mol. The molecular formula is C22H22FNO3. The molecule has 0 spiro atoms. The lowest BCUT2D eigenvalue weighted by atomic mass is 10.1. The first-order valence-corrected chi connectivity index (χ1v) is 8.96. The predicted molar refractivity (Wildman–Crippen MR) is 101 cm³/mol. The maximum atomic E-state index is 12.9. The van der Waals surface area contributed by atoms with E-state index in [9.17, 15) is 9.18 Å². The first-order valence-electron chi connectivity index (χ1n) is 8.96. The smallest absolute Gasteiger partial charge is 0.289 e. The van der Waals surface area contributed by atoms with Gasteiger partial charge < -0.3 is 14.1 Å². The van der Waals surface area contributed by atoms with Crippen LogP contribution in [-0.2, 0) is 13.0 Å². The predicted octanol–water partition coefficient (Wildman–Crippen LogP) is 4.70. The number of likely N-dealkylation sites (N-methyl/N-ethyl adjacent to an activating group) is 1. The molecule has 0 aliphatic carbocycles. The van der Waals surface area contributed by atoms with E-state index in [1.165, 1.54) is 17.7 Å². The second-order valence-corrected chi connectivity index (χ2v) is 6.13. The number of nitrogens with zero attached hydrogens (tertiary/aromatic N) is 1. The van der Waals surface area contributed by atoms with Gasteiger partial charge in [-0.15, -0.1) is 0 Å². The molecule has 0 aliphatic heterocycles. The van der Waals surface area contributed by atoms with Gasteiger partial charge in [0.2, 0.25) is 0 Å². The molecule has 0 atom stereocenters. The molecule has 0 unspecified atom stereocenters. The first-order chi connectivity index (χ1) is 13.2. The quantitative estimate of drug-likeness (QED) is 0.579. The Balaban J connectivity index is 1.56. The van der Waals surface area contributed by atoms with Crippen LogP contribution in [0.4, 0.5) is 4.39 Å². The third-order valence-electron chi connectivity index (χ3n) is 4.25. The minimum Gasteiger partial charge on any atom is -0.486 e. The summed E-state index contributed by atoms with van der Waals surface area (Å²) in [6.07, 6.45) is 0.793. The fourth-order valence-corrected chi connectivity index (χ4v) is 2.72. The first kappa shape index (κ1) is 18.7. The average molecular weight is 367 g/mol. The molecule has 0 fully saturated rings. The topological polar surface area (TPSA) is 42.7 Å². The molecule has 0 aliphatic rings. The number of furan rings is 1. The Morgan fingerprint density at radius 3 is 2.48 bits per heavy atom. The second-order valence-electron chi connectivity index (χ2n) is 6.13. The van der Waals surface area contributed by atoms with Crippen molar-refractivity contribution in [1.82, 2.24) is 4.90 Å². The highest BCUT2D eigenvalue weighted by Gasteiger charge is 2.18. The van der Waals surface area contributed by atoms with Crippen LogP contribution in [0.25, 0.3) is 0 Å². The molecular weight excluding hydrogens is 345 g/mol. The van der Waals surface area contributed by atoms with Crippen molar-refractivity contribution < 1.29 is 18.3 Å². The van der Waals surface area contributed by atoms with Gasteiger partial charge in [0.25, 0.3) is 5.91 Å². The van der Waals surface area contributed by atoms with Gasteiger partial charge in [-0.05, 0) is 55.3 Å². The molecule has 27 heavy (non-hydrogen) atoms. The Hall–Kier alpha value is -3.08. The zero-order valence-corrected chi connectivity index (χ0v) is 15.2. The summed E-state index contributed by atoms with van der Waals surface area (Å²) in [5.74, 6) is 0.924. The van der Waals surface area contributed by atoms with Crippen LogP contribution < -0.4 is 4.74 Å². The lowest BCUT2D eigenvalue weighted by Crippen LogP contribution is -2.32. The Labute approximate surface area is 158 Å². The van der Waals surface area contributed by atoms with Gasteiger partial charge in [0.05, 0.1) is 0 Å². The second kappa shape index (κ2) is 9.03. The zero-order chi connectivity index (χ0) is 19.1. The van der Waals surface area contributed by atoms with Crippen molar-refractivity contribution >= 4 is 5.91 Å². The molecule has 0 saturated heterocycles. The largest absolute Gasteiger partial charge is 0.486 e. The molecule has 2 aromatic carbocycles. The molecule has 0 radical (unpaired) electrons. The number of carbonyl (C=O) groups is 1. The maximum Gasteiger partial charge on any atom is 0.289 e. The fraction of sp³-hybridized carbons (Fsp3) is 0.227. The van der Waals surface area contributed by atoms with Crippen molar-refractivity contribution in [3.63, 3.8) is 0 Å². The summed E-state index contributed by atoms with van der Waals surface area (Å²) in [6.45, 7) is 3.36. The number of halogens is 1. The summed E-state index contributed by atoms with van der Waals surface area (Å²) in [5.41, 5.74) is 1.19. The van der Waals surface area contributed by atoms with E-state index in [1.807, 2.05) is 25.1 Å². The fourth-order valence-electron chi connectivity index (χ4n) is 2.72. The van der Waals surface area contributed by atoms with Crippen LogP contribution in [-0.4, -0.2) is 23.9 Å². The Morgan fingerprint density at radius 1 is 1.04 bits per heavy atom. The van der Waals surface area contributed by atoms with Crippen molar-refractivity contribution in [2.24, 2.45) is 0 Å². The van der Waals surface area contributed by atoms with E-state index in [-0.39, 0.29) is 18.3 Å². The lowest BCUT2D eigenvalue weighted by Gasteiger charge is -2.19. The number of carbonyl (C=O) groups excluding carboxylic acids is 1. The number of hydrogen-bond donors (Lipinski definition) is 0. The van der Waals surface area contributed by atoms with Crippen molar-refractivity contribution in [2.75, 3.05) is 13.1 Å². The van der Waals surface area contributed by atoms with E-state index in [0.29, 0.717) is 30.4 Å². The molecule has 1 amide bonds. The van der Waals surface area contributed by atoms with Gasteiger partial charge in [-0.3, -0.25) is 4.79 Å². The third-order valence-corrected chi connectivity index (χ3v) is 4.25. The minimum atomic E-state index is -0.316. The third kappa shape index (κ3) is 5.20. The van der Waals surface area contributed by atoms with Crippen molar-refractivity contribution in [1.29, 1.82) is 0 Å². The summed E-state index contributed by atoms with van der Waals surface area (Å²) >= 11 is 0. The summed E-state index contributed by atoms with van der Waals surface area (Å²) in [6, 6.07) is 19.2. The molecule has 0 bridgehead atoms. The minimum absolute atomic E-state index is 0.138. The molecule has 0 N–H and O–H groups in total. The highest BCUT2D eigenvalue weighted by Crippen LogP contribution is 2.16. The van der Waals surface area contributed by atoms with Crippen molar-refractivity contribution in [3.05, 3.63) is 89.6 Å². The Morgan fingerprint density at radius 2 is 1.78 bits per heavy atom. The molecule has 3 rings (SSSR count). The van der Waals surface area contributed by atoms with Crippen LogP contribution in [0.5, 0.6) is 5.75 Å². The van der Waals surface area contributed by atoms with Crippen molar-refractivity contribution in [2.45, 2.75) is 20.0 Å². The van der Waals surface area contributed by atoms with E-state index in [4.69, 9.17) is 9.15 Å². The van der Waals surface area contributed by atoms with Crippen LogP contribution in [0, 0.1) is 5.82 Å². The normalized spacial score (nSPS) is 10.6.